The third kappa shape index (κ3) is 4.13. The van der Waals surface area contributed by atoms with Gasteiger partial charge in [0.1, 0.15) is 29.3 Å². The molecule has 0 unspecified atom stereocenters. The molecule has 0 spiro atoms. The smallest absolute Gasteiger partial charge is 0.283 e. The lowest BCUT2D eigenvalue weighted by Crippen LogP contribution is -2.55. The van der Waals surface area contributed by atoms with Crippen molar-refractivity contribution in [3.05, 3.63) is 47.7 Å². The van der Waals surface area contributed by atoms with Gasteiger partial charge in [-0.2, -0.15) is 0 Å². The Bertz CT molecular complexity index is 1000. The van der Waals surface area contributed by atoms with Crippen molar-refractivity contribution in [2.45, 2.75) is 37.5 Å². The Balaban J connectivity index is 1.61. The van der Waals surface area contributed by atoms with Gasteiger partial charge in [0.15, 0.2) is 0 Å². The van der Waals surface area contributed by atoms with Crippen LogP contribution in [0.1, 0.15) is 35.8 Å². The van der Waals surface area contributed by atoms with E-state index in [4.69, 9.17) is 15.2 Å². The number of aromatic nitrogens is 2. The quantitative estimate of drug-likeness (QED) is 0.742. The number of amides is 1. The fraction of sp³-hybridized carbons (Fsp3) is 0.400. The van der Waals surface area contributed by atoms with Crippen LogP contribution in [0.5, 0.6) is 5.88 Å². The third-order valence-electron chi connectivity index (χ3n) is 5.27. The number of carbonyl (C=O) groups is 1. The Morgan fingerprint density at radius 2 is 2.23 bits per heavy atom. The number of halogens is 2. The molecule has 3 atom stereocenters. The summed E-state index contributed by atoms with van der Waals surface area (Å²) in [6.07, 6.45) is 2.94. The molecule has 164 valence electrons. The summed E-state index contributed by atoms with van der Waals surface area (Å²) in [6.45, 7) is 1.18. The van der Waals surface area contributed by atoms with Crippen molar-refractivity contribution in [1.82, 2.24) is 9.97 Å². The molecular formula is C20H21F2N5O4. The first-order chi connectivity index (χ1) is 14.9. The highest BCUT2D eigenvalue weighted by molar-refractivity contribution is 6.02. The van der Waals surface area contributed by atoms with Gasteiger partial charge >= 0.3 is 0 Å². The van der Waals surface area contributed by atoms with Crippen LogP contribution in [-0.2, 0) is 15.0 Å². The van der Waals surface area contributed by atoms with Crippen LogP contribution in [0.3, 0.4) is 0 Å². The molecule has 2 aromatic rings. The van der Waals surface area contributed by atoms with E-state index in [0.29, 0.717) is 12.3 Å². The predicted molar refractivity (Wildman–Crippen MR) is 106 cm³/mol. The van der Waals surface area contributed by atoms with Crippen LogP contribution in [0.4, 0.5) is 14.5 Å². The Hall–Kier alpha value is -3.34. The fourth-order valence-electron chi connectivity index (χ4n) is 3.84. The van der Waals surface area contributed by atoms with Gasteiger partial charge in [-0.25, -0.2) is 23.7 Å². The minimum atomic E-state index is -1.14. The van der Waals surface area contributed by atoms with Gasteiger partial charge in [0.05, 0.1) is 12.4 Å². The van der Waals surface area contributed by atoms with Crippen molar-refractivity contribution in [1.29, 1.82) is 0 Å². The number of anilines is 1. The molecule has 1 fully saturated rings. The number of carbonyl (C=O) groups excluding carboxylic acids is 1. The lowest BCUT2D eigenvalue weighted by molar-refractivity contribution is -0.114. The summed E-state index contributed by atoms with van der Waals surface area (Å²) in [5.41, 5.74) is 5.24. The summed E-state index contributed by atoms with van der Waals surface area (Å²) in [5.74, 6) is -1.14. The Morgan fingerprint density at radius 1 is 1.39 bits per heavy atom. The SMILES string of the molecule is C[C@]1(c2cc(NC(=O)c3cnc(OCF)cn3)ccc2F)N=C(N)O[C@@H]2CCCO[C@@H]21. The van der Waals surface area contributed by atoms with E-state index in [9.17, 15) is 13.6 Å². The molecule has 0 bridgehead atoms. The van der Waals surface area contributed by atoms with Crippen molar-refractivity contribution in [3.63, 3.8) is 0 Å². The summed E-state index contributed by atoms with van der Waals surface area (Å²) in [6, 6.07) is 4.10. The van der Waals surface area contributed by atoms with E-state index in [1.54, 1.807) is 6.92 Å². The molecule has 4 rings (SSSR count). The van der Waals surface area contributed by atoms with E-state index in [1.165, 1.54) is 18.2 Å². The Labute approximate surface area is 176 Å². The number of nitrogens with one attached hydrogen (secondary N) is 1. The molecule has 2 aliphatic heterocycles. The van der Waals surface area contributed by atoms with Gasteiger partial charge in [-0.15, -0.1) is 0 Å². The van der Waals surface area contributed by atoms with Crippen LogP contribution in [0.2, 0.25) is 0 Å². The molecule has 0 aliphatic carbocycles. The largest absolute Gasteiger partial charge is 0.459 e. The highest BCUT2D eigenvalue weighted by Crippen LogP contribution is 2.41. The lowest BCUT2D eigenvalue weighted by Gasteiger charge is -2.44. The molecule has 0 radical (unpaired) electrons. The standard InChI is InChI=1S/C20H21F2N5O4/c1-20(17-15(3-2-6-29-17)31-19(23)27-20)12-7-11(4-5-13(12)22)26-18(28)14-8-25-16(9-24-14)30-10-21/h4-5,7-9,15,17H,2-3,6,10H2,1H3,(H2,23,27)(H,26,28)/t15-,17+,20-/m1/s1. The number of amidine groups is 1. The molecule has 1 saturated heterocycles. The lowest BCUT2D eigenvalue weighted by atomic mass is 9.80. The molecule has 1 aromatic heterocycles. The topological polar surface area (TPSA) is 121 Å². The summed E-state index contributed by atoms with van der Waals surface area (Å²) in [7, 11) is 0. The van der Waals surface area contributed by atoms with Gasteiger partial charge < -0.3 is 25.3 Å². The second-order valence-corrected chi connectivity index (χ2v) is 7.33. The van der Waals surface area contributed by atoms with E-state index in [-0.39, 0.29) is 29.3 Å². The Morgan fingerprint density at radius 3 is 2.97 bits per heavy atom. The minimum absolute atomic E-state index is 0.0210. The highest BCUT2D eigenvalue weighted by atomic mass is 19.1. The van der Waals surface area contributed by atoms with Gasteiger partial charge in [-0.3, -0.25) is 4.79 Å². The van der Waals surface area contributed by atoms with Gasteiger partial charge in [0, 0.05) is 17.9 Å². The molecular weight excluding hydrogens is 412 g/mol. The van der Waals surface area contributed by atoms with Crippen LogP contribution in [0, 0.1) is 5.82 Å². The first-order valence-corrected chi connectivity index (χ1v) is 9.66. The zero-order valence-electron chi connectivity index (χ0n) is 16.7. The molecule has 2 aliphatic rings. The maximum atomic E-state index is 14.9. The number of nitrogens with zero attached hydrogens (tertiary/aromatic N) is 3. The number of benzene rings is 1. The number of alkyl halides is 1. The van der Waals surface area contributed by atoms with E-state index in [1.807, 2.05) is 0 Å². The number of hydrogen-bond acceptors (Lipinski definition) is 8. The van der Waals surface area contributed by atoms with E-state index in [0.717, 1.165) is 25.2 Å². The van der Waals surface area contributed by atoms with Crippen molar-refractivity contribution >= 4 is 17.6 Å². The second kappa shape index (κ2) is 8.42. The average Bonchev–Trinajstić information content (AvgIpc) is 2.75. The van der Waals surface area contributed by atoms with Crippen molar-refractivity contribution in [2.24, 2.45) is 10.7 Å². The third-order valence-corrected chi connectivity index (χ3v) is 5.27. The fourth-order valence-corrected chi connectivity index (χ4v) is 3.84. The van der Waals surface area contributed by atoms with Gasteiger partial charge in [0.2, 0.25) is 12.7 Å². The number of hydrogen-bond donors (Lipinski definition) is 2. The van der Waals surface area contributed by atoms with Crippen LogP contribution in [0.25, 0.3) is 0 Å². The van der Waals surface area contributed by atoms with Crippen molar-refractivity contribution in [2.75, 3.05) is 18.8 Å². The first kappa shape index (κ1) is 20.9. The second-order valence-electron chi connectivity index (χ2n) is 7.33. The average molecular weight is 433 g/mol. The van der Waals surface area contributed by atoms with E-state index in [2.05, 4.69) is 25.0 Å². The number of aliphatic imine (C=N–C) groups is 1. The normalized spacial score (nSPS) is 25.1. The van der Waals surface area contributed by atoms with Crippen LogP contribution < -0.4 is 15.8 Å². The molecule has 0 saturated carbocycles. The number of ether oxygens (including phenoxy) is 3. The molecule has 1 aromatic carbocycles. The summed E-state index contributed by atoms with van der Waals surface area (Å²) < 4.78 is 43.1. The summed E-state index contributed by atoms with van der Waals surface area (Å²) in [4.78, 5) is 24.5. The molecule has 1 amide bonds. The van der Waals surface area contributed by atoms with Crippen molar-refractivity contribution < 1.29 is 27.8 Å². The predicted octanol–water partition coefficient (Wildman–Crippen LogP) is 2.28. The molecule has 31 heavy (non-hydrogen) atoms. The summed E-state index contributed by atoms with van der Waals surface area (Å²) in [5, 5.41) is 2.64. The molecule has 11 heteroatoms. The van der Waals surface area contributed by atoms with Crippen molar-refractivity contribution in [3.8, 4) is 5.88 Å². The van der Waals surface area contributed by atoms with Crippen LogP contribution >= 0.6 is 0 Å². The molecule has 9 nitrogen and oxygen atoms in total. The number of fused-ring (bicyclic) bond motifs is 1. The Kier molecular flexibility index (Phi) is 5.68. The van der Waals surface area contributed by atoms with E-state index >= 15 is 0 Å². The molecule has 3 N–H and O–H groups in total. The maximum absolute atomic E-state index is 14.9. The van der Waals surface area contributed by atoms with Gasteiger partial charge in [0.25, 0.3) is 11.9 Å². The zero-order valence-corrected chi connectivity index (χ0v) is 16.7. The minimum Gasteiger partial charge on any atom is -0.459 e. The van der Waals surface area contributed by atoms with Gasteiger partial charge in [-0.05, 0) is 38.0 Å². The highest BCUT2D eigenvalue weighted by Gasteiger charge is 2.49. The number of rotatable bonds is 5. The maximum Gasteiger partial charge on any atom is 0.283 e. The number of nitrogens with two attached hydrogens (primary N) is 1. The summed E-state index contributed by atoms with van der Waals surface area (Å²) >= 11 is 0. The zero-order chi connectivity index (χ0) is 22.0. The van der Waals surface area contributed by atoms with Gasteiger partial charge in [-0.1, -0.05) is 0 Å². The van der Waals surface area contributed by atoms with E-state index < -0.39 is 30.2 Å². The first-order valence-electron chi connectivity index (χ1n) is 9.66. The van der Waals surface area contributed by atoms with Crippen LogP contribution in [0.15, 0.2) is 35.6 Å². The monoisotopic (exact) mass is 433 g/mol. The van der Waals surface area contributed by atoms with Crippen LogP contribution in [-0.4, -0.2) is 47.6 Å². The molecule has 3 heterocycles.